The number of anilines is 1. The summed E-state index contributed by atoms with van der Waals surface area (Å²) in [6.45, 7) is 6.18. The van der Waals surface area contributed by atoms with Crippen LogP contribution in [0.4, 0.5) is 5.69 Å². The van der Waals surface area contributed by atoms with Gasteiger partial charge in [-0.25, -0.2) is 0 Å². The first kappa shape index (κ1) is 13.9. The number of likely N-dealkylation sites (tertiary alicyclic amines) is 2. The molecule has 0 spiro atoms. The Labute approximate surface area is 122 Å². The van der Waals surface area contributed by atoms with Crippen molar-refractivity contribution in [3.8, 4) is 0 Å². The minimum Gasteiger partial charge on any atom is -0.399 e. The topological polar surface area (TPSA) is 32.5 Å². The minimum absolute atomic E-state index is 0.840. The molecule has 3 nitrogen and oxygen atoms in total. The van der Waals surface area contributed by atoms with Gasteiger partial charge in [0.25, 0.3) is 0 Å². The molecule has 0 unspecified atom stereocenters. The Morgan fingerprint density at radius 3 is 2.45 bits per heavy atom. The predicted octanol–water partition coefficient (Wildman–Crippen LogP) is 2.72. The van der Waals surface area contributed by atoms with Gasteiger partial charge in [0.1, 0.15) is 0 Å². The second-order valence-corrected chi connectivity index (χ2v) is 6.35. The zero-order valence-corrected chi connectivity index (χ0v) is 12.4. The summed E-state index contributed by atoms with van der Waals surface area (Å²) in [5, 5.41) is 0. The van der Waals surface area contributed by atoms with Gasteiger partial charge in [-0.1, -0.05) is 18.6 Å². The van der Waals surface area contributed by atoms with Crippen LogP contribution in [0.3, 0.4) is 0 Å². The maximum atomic E-state index is 5.86. The number of nitrogens with two attached hydrogens (primary N) is 1. The van der Waals surface area contributed by atoms with Crippen LogP contribution in [0.1, 0.15) is 37.7 Å². The Morgan fingerprint density at radius 2 is 1.75 bits per heavy atom. The Kier molecular flexibility index (Phi) is 4.58. The number of nitrogen functional groups attached to an aromatic ring is 1. The minimum atomic E-state index is 0.840. The van der Waals surface area contributed by atoms with Gasteiger partial charge in [-0.3, -0.25) is 4.90 Å². The Hall–Kier alpha value is -1.06. The number of hydrogen-bond donors (Lipinski definition) is 1. The quantitative estimate of drug-likeness (QED) is 0.860. The molecule has 2 aliphatic rings. The first-order valence-corrected chi connectivity index (χ1v) is 8.12. The second kappa shape index (κ2) is 6.59. The lowest BCUT2D eigenvalue weighted by Gasteiger charge is -2.40. The van der Waals surface area contributed by atoms with Gasteiger partial charge in [0.2, 0.25) is 0 Å². The Morgan fingerprint density at radius 1 is 1.00 bits per heavy atom. The summed E-state index contributed by atoms with van der Waals surface area (Å²) in [4.78, 5) is 5.32. The summed E-state index contributed by atoms with van der Waals surface area (Å²) >= 11 is 0. The van der Waals surface area contributed by atoms with Crippen molar-refractivity contribution in [1.29, 1.82) is 0 Å². The van der Waals surface area contributed by atoms with Crippen LogP contribution in [0.2, 0.25) is 0 Å². The van der Waals surface area contributed by atoms with Crippen molar-refractivity contribution < 1.29 is 0 Å². The number of benzene rings is 1. The molecule has 2 saturated heterocycles. The molecule has 0 amide bonds. The highest BCUT2D eigenvalue weighted by atomic mass is 15.2. The summed E-state index contributed by atoms with van der Waals surface area (Å²) in [5.41, 5.74) is 8.09. The van der Waals surface area contributed by atoms with Crippen molar-refractivity contribution in [1.82, 2.24) is 9.80 Å². The number of hydrogen-bond acceptors (Lipinski definition) is 3. The van der Waals surface area contributed by atoms with E-state index in [9.17, 15) is 0 Å². The third-order valence-corrected chi connectivity index (χ3v) is 4.82. The van der Waals surface area contributed by atoms with Gasteiger partial charge < -0.3 is 10.6 Å². The van der Waals surface area contributed by atoms with Crippen molar-refractivity contribution in [2.45, 2.75) is 44.7 Å². The van der Waals surface area contributed by atoms with Crippen LogP contribution in [0, 0.1) is 0 Å². The predicted molar refractivity (Wildman–Crippen MR) is 84.6 cm³/mol. The standard InChI is InChI=1S/C17H27N3/c18-16-6-4-5-15(13-16)14-19-11-7-17(8-12-19)20-9-2-1-3-10-20/h4-6,13,17H,1-3,7-12,14,18H2. The van der Waals surface area contributed by atoms with E-state index in [2.05, 4.69) is 28.0 Å². The Balaban J connectivity index is 1.48. The zero-order valence-electron chi connectivity index (χ0n) is 12.4. The van der Waals surface area contributed by atoms with E-state index in [1.54, 1.807) is 0 Å². The lowest BCUT2D eigenvalue weighted by atomic mass is 9.99. The molecule has 0 radical (unpaired) electrons. The molecule has 110 valence electrons. The Bertz CT molecular complexity index is 418. The SMILES string of the molecule is Nc1cccc(CN2CCC(N3CCCCC3)CC2)c1. The first-order chi connectivity index (χ1) is 9.81. The van der Waals surface area contributed by atoms with Crippen molar-refractivity contribution in [2.24, 2.45) is 0 Å². The molecule has 2 heterocycles. The van der Waals surface area contributed by atoms with Crippen LogP contribution < -0.4 is 5.73 Å². The highest BCUT2D eigenvalue weighted by Gasteiger charge is 2.25. The van der Waals surface area contributed by atoms with E-state index in [4.69, 9.17) is 5.73 Å². The fourth-order valence-electron chi connectivity index (χ4n) is 3.68. The second-order valence-electron chi connectivity index (χ2n) is 6.35. The van der Waals surface area contributed by atoms with E-state index in [0.29, 0.717) is 0 Å². The molecule has 2 fully saturated rings. The fourth-order valence-corrected chi connectivity index (χ4v) is 3.68. The molecular weight excluding hydrogens is 246 g/mol. The lowest BCUT2D eigenvalue weighted by Crippen LogP contribution is -2.46. The third kappa shape index (κ3) is 3.53. The third-order valence-electron chi connectivity index (χ3n) is 4.82. The van der Waals surface area contributed by atoms with Crippen molar-refractivity contribution in [2.75, 3.05) is 31.9 Å². The van der Waals surface area contributed by atoms with E-state index in [0.717, 1.165) is 18.3 Å². The van der Waals surface area contributed by atoms with Gasteiger partial charge in [-0.15, -0.1) is 0 Å². The van der Waals surface area contributed by atoms with E-state index >= 15 is 0 Å². The monoisotopic (exact) mass is 273 g/mol. The maximum absolute atomic E-state index is 5.86. The zero-order chi connectivity index (χ0) is 13.8. The summed E-state index contributed by atoms with van der Waals surface area (Å²) in [5.74, 6) is 0. The maximum Gasteiger partial charge on any atom is 0.0317 e. The number of rotatable bonds is 3. The molecule has 0 atom stereocenters. The highest BCUT2D eigenvalue weighted by molar-refractivity contribution is 5.40. The van der Waals surface area contributed by atoms with E-state index in [1.807, 2.05) is 6.07 Å². The van der Waals surface area contributed by atoms with E-state index in [1.165, 1.54) is 63.8 Å². The van der Waals surface area contributed by atoms with Gasteiger partial charge in [0.05, 0.1) is 0 Å². The van der Waals surface area contributed by atoms with Crippen molar-refractivity contribution in [3.63, 3.8) is 0 Å². The summed E-state index contributed by atoms with van der Waals surface area (Å²) < 4.78 is 0. The molecule has 3 rings (SSSR count). The largest absolute Gasteiger partial charge is 0.399 e. The van der Waals surface area contributed by atoms with Crippen LogP contribution in [0.25, 0.3) is 0 Å². The van der Waals surface area contributed by atoms with Gasteiger partial charge in [-0.05, 0) is 69.6 Å². The van der Waals surface area contributed by atoms with Crippen molar-refractivity contribution in [3.05, 3.63) is 29.8 Å². The van der Waals surface area contributed by atoms with E-state index in [-0.39, 0.29) is 0 Å². The molecule has 20 heavy (non-hydrogen) atoms. The molecular formula is C17H27N3. The summed E-state index contributed by atoms with van der Waals surface area (Å²) in [6.07, 6.45) is 6.92. The summed E-state index contributed by atoms with van der Waals surface area (Å²) in [6, 6.07) is 9.16. The van der Waals surface area contributed by atoms with Gasteiger partial charge in [0, 0.05) is 18.3 Å². The average molecular weight is 273 g/mol. The first-order valence-electron chi connectivity index (χ1n) is 8.12. The van der Waals surface area contributed by atoms with Crippen LogP contribution in [-0.2, 0) is 6.54 Å². The fraction of sp³-hybridized carbons (Fsp3) is 0.647. The highest BCUT2D eigenvalue weighted by Crippen LogP contribution is 2.22. The number of piperidine rings is 2. The van der Waals surface area contributed by atoms with Gasteiger partial charge in [-0.2, -0.15) is 0 Å². The normalized spacial score (nSPS) is 23.0. The van der Waals surface area contributed by atoms with Crippen molar-refractivity contribution >= 4 is 5.69 Å². The van der Waals surface area contributed by atoms with Gasteiger partial charge in [0.15, 0.2) is 0 Å². The molecule has 1 aromatic carbocycles. The average Bonchev–Trinajstić information content (AvgIpc) is 2.49. The van der Waals surface area contributed by atoms with Gasteiger partial charge >= 0.3 is 0 Å². The molecule has 2 aliphatic heterocycles. The molecule has 1 aromatic rings. The molecule has 3 heteroatoms. The van der Waals surface area contributed by atoms with Crippen LogP contribution in [0.15, 0.2) is 24.3 Å². The molecule has 0 aliphatic carbocycles. The summed E-state index contributed by atoms with van der Waals surface area (Å²) in [7, 11) is 0. The molecule has 0 saturated carbocycles. The molecule has 0 bridgehead atoms. The van der Waals surface area contributed by atoms with Crippen LogP contribution >= 0.6 is 0 Å². The number of nitrogens with zero attached hydrogens (tertiary/aromatic N) is 2. The van der Waals surface area contributed by atoms with Crippen LogP contribution in [0.5, 0.6) is 0 Å². The van der Waals surface area contributed by atoms with E-state index < -0.39 is 0 Å². The smallest absolute Gasteiger partial charge is 0.0317 e. The molecule has 0 aromatic heterocycles. The lowest BCUT2D eigenvalue weighted by molar-refractivity contribution is 0.0896. The molecule has 2 N–H and O–H groups in total. The van der Waals surface area contributed by atoms with Crippen LogP contribution in [-0.4, -0.2) is 42.0 Å².